The summed E-state index contributed by atoms with van der Waals surface area (Å²) in [4.78, 5) is 4.02. The van der Waals surface area contributed by atoms with Crippen LogP contribution in [0.3, 0.4) is 0 Å². The topological polar surface area (TPSA) is 50.3 Å². The van der Waals surface area contributed by atoms with Crippen LogP contribution in [0.2, 0.25) is 0 Å². The summed E-state index contributed by atoms with van der Waals surface area (Å²) in [5.74, 6) is 0.0707. The van der Waals surface area contributed by atoms with Gasteiger partial charge >= 0.3 is 0 Å². The largest absolute Gasteiger partial charge is 0.265 e. The lowest BCUT2D eigenvalue weighted by molar-refractivity contribution is 0.396. The Morgan fingerprint density at radius 3 is 2.64 bits per heavy atom. The third-order valence-electron chi connectivity index (χ3n) is 4.25. The van der Waals surface area contributed by atoms with E-state index >= 15 is 0 Å². The molecule has 0 radical (unpaired) electrons. The highest BCUT2D eigenvalue weighted by Crippen LogP contribution is 2.35. The summed E-state index contributed by atoms with van der Waals surface area (Å²) in [6, 6.07) is 11.4. The van der Waals surface area contributed by atoms with Gasteiger partial charge in [-0.25, -0.2) is 8.42 Å². The number of hydrogen-bond donors (Lipinski definition) is 0. The van der Waals surface area contributed by atoms with Crippen LogP contribution in [-0.2, 0) is 15.8 Å². The number of aromatic nitrogens is 1. The zero-order valence-electron chi connectivity index (χ0n) is 12.6. The van der Waals surface area contributed by atoms with E-state index in [4.69, 9.17) is 0 Å². The second-order valence-electron chi connectivity index (χ2n) is 5.73. The molecule has 0 bridgehead atoms. The van der Waals surface area contributed by atoms with Crippen molar-refractivity contribution in [2.24, 2.45) is 0 Å². The molecule has 116 valence electrons. The zero-order chi connectivity index (χ0) is 15.6. The molecule has 0 spiro atoms. The first-order valence-corrected chi connectivity index (χ1v) is 9.13. The average Bonchev–Trinajstić information content (AvgIpc) is 3.01. The molecule has 1 aliphatic heterocycles. The number of pyridine rings is 1. The highest BCUT2D eigenvalue weighted by atomic mass is 32.2. The standard InChI is InChI=1S/C17H20N2O2S/c1-14-5-2-3-6-16(14)13-22(20,21)19-12-4-7-17(19)15-8-10-18-11-9-15/h2-3,5-6,8-11,17H,4,7,12-13H2,1H3. The van der Waals surface area contributed by atoms with Crippen molar-refractivity contribution < 1.29 is 8.42 Å². The lowest BCUT2D eigenvalue weighted by Gasteiger charge is -2.24. The van der Waals surface area contributed by atoms with Crippen LogP contribution in [0.4, 0.5) is 0 Å². The summed E-state index contributed by atoms with van der Waals surface area (Å²) in [6.45, 7) is 2.55. The van der Waals surface area contributed by atoms with Gasteiger partial charge in [0.1, 0.15) is 0 Å². The maximum atomic E-state index is 12.8. The van der Waals surface area contributed by atoms with Gasteiger partial charge in [0.2, 0.25) is 10.0 Å². The van der Waals surface area contributed by atoms with E-state index in [1.165, 1.54) is 0 Å². The first-order chi connectivity index (χ1) is 10.6. The van der Waals surface area contributed by atoms with Crippen molar-refractivity contribution in [1.82, 2.24) is 9.29 Å². The first kappa shape index (κ1) is 15.2. The van der Waals surface area contributed by atoms with Crippen LogP contribution in [0.1, 0.15) is 35.6 Å². The lowest BCUT2D eigenvalue weighted by Crippen LogP contribution is -2.31. The van der Waals surface area contributed by atoms with E-state index in [0.717, 1.165) is 29.5 Å². The smallest absolute Gasteiger partial charge is 0.218 e. The van der Waals surface area contributed by atoms with Crippen molar-refractivity contribution in [3.8, 4) is 0 Å². The van der Waals surface area contributed by atoms with E-state index < -0.39 is 10.0 Å². The van der Waals surface area contributed by atoms with Crippen LogP contribution in [-0.4, -0.2) is 24.3 Å². The van der Waals surface area contributed by atoms with Gasteiger partial charge in [0.05, 0.1) is 5.75 Å². The summed E-state index contributed by atoms with van der Waals surface area (Å²) in [5, 5.41) is 0. The summed E-state index contributed by atoms with van der Waals surface area (Å²) in [6.07, 6.45) is 5.22. The van der Waals surface area contributed by atoms with Crippen LogP contribution in [0.15, 0.2) is 48.8 Å². The predicted octanol–water partition coefficient (Wildman–Crippen LogP) is 3.06. The van der Waals surface area contributed by atoms with Gasteiger partial charge in [-0.1, -0.05) is 24.3 Å². The van der Waals surface area contributed by atoms with Crippen LogP contribution < -0.4 is 0 Å². The Bertz CT molecular complexity index is 744. The van der Waals surface area contributed by atoms with E-state index in [-0.39, 0.29) is 11.8 Å². The monoisotopic (exact) mass is 316 g/mol. The quantitative estimate of drug-likeness (QED) is 0.871. The Labute approximate surface area is 131 Å². The molecule has 1 aromatic heterocycles. The molecule has 2 heterocycles. The Kier molecular flexibility index (Phi) is 4.27. The number of benzene rings is 1. The van der Waals surface area contributed by atoms with Crippen molar-refractivity contribution in [3.05, 3.63) is 65.5 Å². The molecular formula is C17H20N2O2S. The molecule has 3 rings (SSSR count). The molecule has 4 nitrogen and oxygen atoms in total. The van der Waals surface area contributed by atoms with Crippen LogP contribution >= 0.6 is 0 Å². The van der Waals surface area contributed by atoms with Crippen LogP contribution in [0.5, 0.6) is 0 Å². The molecule has 1 saturated heterocycles. The van der Waals surface area contributed by atoms with Crippen molar-refractivity contribution in [2.75, 3.05) is 6.54 Å². The minimum absolute atomic E-state index is 0.0583. The Balaban J connectivity index is 1.87. The fraction of sp³-hybridized carbons (Fsp3) is 0.353. The molecule has 1 unspecified atom stereocenters. The summed E-state index contributed by atoms with van der Waals surface area (Å²) in [5.41, 5.74) is 2.93. The Hall–Kier alpha value is -1.72. The average molecular weight is 316 g/mol. The third-order valence-corrected chi connectivity index (χ3v) is 6.08. The Morgan fingerprint density at radius 1 is 1.18 bits per heavy atom. The van der Waals surface area contributed by atoms with Gasteiger partial charge in [0.15, 0.2) is 0 Å². The van der Waals surface area contributed by atoms with Gasteiger partial charge in [0.25, 0.3) is 0 Å². The van der Waals surface area contributed by atoms with Crippen molar-refractivity contribution in [3.63, 3.8) is 0 Å². The van der Waals surface area contributed by atoms with Gasteiger partial charge < -0.3 is 0 Å². The number of aryl methyl sites for hydroxylation is 1. The molecule has 0 amide bonds. The fourth-order valence-corrected chi connectivity index (χ4v) is 4.95. The van der Waals surface area contributed by atoms with E-state index in [1.54, 1.807) is 16.7 Å². The second-order valence-corrected chi connectivity index (χ2v) is 7.65. The minimum Gasteiger partial charge on any atom is -0.265 e. The maximum Gasteiger partial charge on any atom is 0.218 e. The Morgan fingerprint density at radius 2 is 1.91 bits per heavy atom. The predicted molar refractivity (Wildman–Crippen MR) is 86.7 cm³/mol. The molecule has 1 atom stereocenters. The normalized spacial score (nSPS) is 19.4. The fourth-order valence-electron chi connectivity index (χ4n) is 3.04. The van der Waals surface area contributed by atoms with Crippen molar-refractivity contribution in [2.45, 2.75) is 31.6 Å². The van der Waals surface area contributed by atoms with Crippen molar-refractivity contribution in [1.29, 1.82) is 0 Å². The minimum atomic E-state index is -3.32. The summed E-state index contributed by atoms with van der Waals surface area (Å²) >= 11 is 0. The molecule has 2 aromatic rings. The van der Waals surface area contributed by atoms with Gasteiger partial charge in [-0.3, -0.25) is 4.98 Å². The van der Waals surface area contributed by atoms with E-state index in [0.29, 0.717) is 6.54 Å². The molecule has 1 aliphatic rings. The first-order valence-electron chi connectivity index (χ1n) is 7.52. The second kappa shape index (κ2) is 6.18. The summed E-state index contributed by atoms with van der Waals surface area (Å²) < 4.78 is 27.4. The molecule has 22 heavy (non-hydrogen) atoms. The third kappa shape index (κ3) is 3.05. The molecule has 0 N–H and O–H groups in total. The maximum absolute atomic E-state index is 12.8. The molecule has 5 heteroatoms. The van der Waals surface area contributed by atoms with E-state index in [2.05, 4.69) is 4.98 Å². The van der Waals surface area contributed by atoms with Crippen LogP contribution in [0.25, 0.3) is 0 Å². The van der Waals surface area contributed by atoms with Gasteiger partial charge in [-0.15, -0.1) is 0 Å². The highest BCUT2D eigenvalue weighted by Gasteiger charge is 2.35. The molecule has 0 saturated carbocycles. The SMILES string of the molecule is Cc1ccccc1CS(=O)(=O)N1CCCC1c1ccncc1. The van der Waals surface area contributed by atoms with E-state index in [9.17, 15) is 8.42 Å². The number of sulfonamides is 1. The van der Waals surface area contributed by atoms with Gasteiger partial charge in [-0.05, 0) is 48.6 Å². The number of hydrogen-bond acceptors (Lipinski definition) is 3. The molecule has 0 aliphatic carbocycles. The van der Waals surface area contributed by atoms with Gasteiger partial charge in [-0.2, -0.15) is 4.31 Å². The number of nitrogens with zero attached hydrogens (tertiary/aromatic N) is 2. The zero-order valence-corrected chi connectivity index (χ0v) is 13.5. The lowest BCUT2D eigenvalue weighted by atomic mass is 10.1. The molecular weight excluding hydrogens is 296 g/mol. The molecule has 1 aromatic carbocycles. The highest BCUT2D eigenvalue weighted by molar-refractivity contribution is 7.88. The van der Waals surface area contributed by atoms with Crippen molar-refractivity contribution >= 4 is 10.0 Å². The number of rotatable bonds is 4. The molecule has 1 fully saturated rings. The summed E-state index contributed by atoms with van der Waals surface area (Å²) in [7, 11) is -3.32. The van der Waals surface area contributed by atoms with Gasteiger partial charge in [0, 0.05) is 25.0 Å². The van der Waals surface area contributed by atoms with E-state index in [1.807, 2.05) is 43.3 Å². The van der Waals surface area contributed by atoms with Crippen LogP contribution in [0, 0.1) is 6.92 Å².